The fourth-order valence-corrected chi connectivity index (χ4v) is 3.26. The number of rotatable bonds is 4. The van der Waals surface area contributed by atoms with Crippen molar-refractivity contribution in [3.05, 3.63) is 53.6 Å². The van der Waals surface area contributed by atoms with Gasteiger partial charge in [-0.25, -0.2) is 8.42 Å². The second-order valence-electron chi connectivity index (χ2n) is 4.58. The minimum absolute atomic E-state index is 0.0839. The van der Waals surface area contributed by atoms with Crippen molar-refractivity contribution < 1.29 is 13.5 Å². The third-order valence-corrected chi connectivity index (χ3v) is 4.62. The molecule has 0 aliphatic carbocycles. The molecule has 0 saturated heterocycles. The zero-order valence-corrected chi connectivity index (χ0v) is 12.2. The highest BCUT2D eigenvalue weighted by atomic mass is 32.2. The number of hydrogen-bond acceptors (Lipinski definition) is 3. The number of phenolic OH excluding ortho intramolecular Hbond substituents is 1. The van der Waals surface area contributed by atoms with Crippen LogP contribution in [0.1, 0.15) is 18.1 Å². The van der Waals surface area contributed by atoms with Gasteiger partial charge in [0.25, 0.3) is 10.0 Å². The fraction of sp³-hybridized carbons (Fsp3) is 0.200. The van der Waals surface area contributed by atoms with Crippen LogP contribution >= 0.6 is 0 Å². The van der Waals surface area contributed by atoms with Crippen molar-refractivity contribution in [1.82, 2.24) is 0 Å². The minimum Gasteiger partial charge on any atom is -0.506 e. The highest BCUT2D eigenvalue weighted by Crippen LogP contribution is 2.27. The van der Waals surface area contributed by atoms with E-state index in [2.05, 4.69) is 4.72 Å². The first-order valence-electron chi connectivity index (χ1n) is 6.34. The minimum atomic E-state index is -3.70. The third kappa shape index (κ3) is 2.93. The normalized spacial score (nSPS) is 11.3. The molecule has 0 bridgehead atoms. The Balaban J connectivity index is 2.41. The van der Waals surface area contributed by atoms with Gasteiger partial charge in [-0.2, -0.15) is 0 Å². The summed E-state index contributed by atoms with van der Waals surface area (Å²) in [6.07, 6.45) is 0.763. The molecule has 2 aromatic carbocycles. The molecule has 0 radical (unpaired) electrons. The summed E-state index contributed by atoms with van der Waals surface area (Å²) >= 11 is 0. The predicted octanol–water partition coefficient (Wildman–Crippen LogP) is 3.06. The molecule has 0 heterocycles. The highest BCUT2D eigenvalue weighted by Gasteiger charge is 2.18. The lowest BCUT2D eigenvalue weighted by molar-refractivity contribution is 0.477. The van der Waals surface area contributed by atoms with Crippen molar-refractivity contribution in [2.24, 2.45) is 0 Å². The maximum Gasteiger partial charge on any atom is 0.262 e. The van der Waals surface area contributed by atoms with Crippen LogP contribution in [0.15, 0.2) is 47.4 Å². The van der Waals surface area contributed by atoms with Gasteiger partial charge >= 0.3 is 0 Å². The zero-order chi connectivity index (χ0) is 14.8. The molecule has 0 atom stereocenters. The summed E-state index contributed by atoms with van der Waals surface area (Å²) < 4.78 is 27.1. The fourth-order valence-electron chi connectivity index (χ4n) is 1.94. The van der Waals surface area contributed by atoms with E-state index in [1.165, 1.54) is 6.07 Å². The van der Waals surface area contributed by atoms with E-state index in [1.807, 2.05) is 6.92 Å². The first kappa shape index (κ1) is 14.4. The Morgan fingerprint density at radius 1 is 1.15 bits per heavy atom. The maximum absolute atomic E-state index is 12.4. The van der Waals surface area contributed by atoms with E-state index in [1.54, 1.807) is 43.3 Å². The average molecular weight is 291 g/mol. The molecule has 2 aromatic rings. The number of aryl methyl sites for hydroxylation is 2. The largest absolute Gasteiger partial charge is 0.506 e. The first-order valence-corrected chi connectivity index (χ1v) is 7.82. The quantitative estimate of drug-likeness (QED) is 0.851. The Morgan fingerprint density at radius 2 is 1.85 bits per heavy atom. The first-order chi connectivity index (χ1) is 9.44. The Morgan fingerprint density at radius 3 is 2.50 bits per heavy atom. The van der Waals surface area contributed by atoms with Crippen molar-refractivity contribution in [3.8, 4) is 5.75 Å². The summed E-state index contributed by atoms with van der Waals surface area (Å²) in [6, 6.07) is 11.6. The van der Waals surface area contributed by atoms with Gasteiger partial charge in [0, 0.05) is 0 Å². The molecule has 0 aromatic heterocycles. The van der Waals surface area contributed by atoms with E-state index in [4.69, 9.17) is 0 Å². The lowest BCUT2D eigenvalue weighted by Gasteiger charge is -2.12. The SMILES string of the molecule is CCc1ccc(O)c(NS(=O)(=O)c2ccccc2C)c1. The van der Waals surface area contributed by atoms with Gasteiger partial charge in [0.2, 0.25) is 0 Å². The van der Waals surface area contributed by atoms with Crippen molar-refractivity contribution in [2.75, 3.05) is 4.72 Å². The number of benzene rings is 2. The molecule has 0 aliphatic rings. The lowest BCUT2D eigenvalue weighted by Crippen LogP contribution is -2.14. The van der Waals surface area contributed by atoms with Crippen LogP contribution in [0.3, 0.4) is 0 Å². The van der Waals surface area contributed by atoms with E-state index >= 15 is 0 Å². The smallest absolute Gasteiger partial charge is 0.262 e. The van der Waals surface area contributed by atoms with Gasteiger partial charge in [-0.05, 0) is 42.7 Å². The molecule has 4 nitrogen and oxygen atoms in total. The summed E-state index contributed by atoms with van der Waals surface area (Å²) in [7, 11) is -3.70. The van der Waals surface area contributed by atoms with Crippen LogP contribution < -0.4 is 4.72 Å². The molecule has 2 rings (SSSR count). The number of hydrogen-bond donors (Lipinski definition) is 2. The second-order valence-corrected chi connectivity index (χ2v) is 6.23. The average Bonchev–Trinajstić information content (AvgIpc) is 2.41. The Kier molecular flexibility index (Phi) is 3.99. The van der Waals surface area contributed by atoms with Crippen LogP contribution in [0.25, 0.3) is 0 Å². The Bertz CT molecular complexity index is 724. The number of phenols is 1. The summed E-state index contributed by atoms with van der Waals surface area (Å²) in [4.78, 5) is 0.210. The number of anilines is 1. The number of aromatic hydroxyl groups is 1. The molecular weight excluding hydrogens is 274 g/mol. The van der Waals surface area contributed by atoms with Gasteiger partial charge in [0.1, 0.15) is 5.75 Å². The molecule has 106 valence electrons. The number of sulfonamides is 1. The predicted molar refractivity (Wildman–Crippen MR) is 79.5 cm³/mol. The highest BCUT2D eigenvalue weighted by molar-refractivity contribution is 7.92. The Labute approximate surface area is 119 Å². The topological polar surface area (TPSA) is 66.4 Å². The van der Waals surface area contributed by atoms with Crippen LogP contribution in [-0.4, -0.2) is 13.5 Å². The Hall–Kier alpha value is -2.01. The van der Waals surface area contributed by atoms with Gasteiger partial charge in [0.15, 0.2) is 0 Å². The molecule has 5 heteroatoms. The van der Waals surface area contributed by atoms with E-state index in [0.29, 0.717) is 5.56 Å². The molecule has 0 aliphatic heterocycles. The third-order valence-electron chi connectivity index (χ3n) is 3.10. The van der Waals surface area contributed by atoms with E-state index < -0.39 is 10.0 Å². The standard InChI is InChI=1S/C15H17NO3S/c1-3-12-8-9-14(17)13(10-12)16-20(18,19)15-7-5-4-6-11(15)2/h4-10,16-17H,3H2,1-2H3. The van der Waals surface area contributed by atoms with E-state index in [-0.39, 0.29) is 16.3 Å². The van der Waals surface area contributed by atoms with E-state index in [0.717, 1.165) is 12.0 Å². The molecule has 0 unspecified atom stereocenters. The lowest BCUT2D eigenvalue weighted by atomic mass is 10.1. The second kappa shape index (κ2) is 5.54. The van der Waals surface area contributed by atoms with Crippen LogP contribution in [0.4, 0.5) is 5.69 Å². The number of nitrogens with one attached hydrogen (secondary N) is 1. The summed E-state index contributed by atoms with van der Waals surface area (Å²) in [5, 5.41) is 9.78. The van der Waals surface area contributed by atoms with Crippen molar-refractivity contribution in [1.29, 1.82) is 0 Å². The van der Waals surface area contributed by atoms with Crippen LogP contribution in [0, 0.1) is 6.92 Å². The maximum atomic E-state index is 12.4. The summed E-state index contributed by atoms with van der Waals surface area (Å²) in [5.41, 5.74) is 1.81. The molecular formula is C15H17NO3S. The van der Waals surface area contributed by atoms with Gasteiger partial charge in [-0.15, -0.1) is 0 Å². The molecule has 0 amide bonds. The van der Waals surface area contributed by atoms with Gasteiger partial charge in [0.05, 0.1) is 10.6 Å². The van der Waals surface area contributed by atoms with Crippen LogP contribution in [0.2, 0.25) is 0 Å². The molecule has 20 heavy (non-hydrogen) atoms. The zero-order valence-electron chi connectivity index (χ0n) is 11.4. The molecule has 0 spiro atoms. The molecule has 0 fully saturated rings. The molecule has 2 N–H and O–H groups in total. The monoisotopic (exact) mass is 291 g/mol. The summed E-state index contributed by atoms with van der Waals surface area (Å²) in [5.74, 6) is -0.0839. The molecule has 0 saturated carbocycles. The van der Waals surface area contributed by atoms with Crippen LogP contribution in [0.5, 0.6) is 5.75 Å². The van der Waals surface area contributed by atoms with Crippen LogP contribution in [-0.2, 0) is 16.4 Å². The van der Waals surface area contributed by atoms with Crippen molar-refractivity contribution in [2.45, 2.75) is 25.2 Å². The van der Waals surface area contributed by atoms with Gasteiger partial charge in [-0.1, -0.05) is 31.2 Å². The van der Waals surface area contributed by atoms with E-state index in [9.17, 15) is 13.5 Å². The van der Waals surface area contributed by atoms with Crippen molar-refractivity contribution >= 4 is 15.7 Å². The van der Waals surface area contributed by atoms with Crippen molar-refractivity contribution in [3.63, 3.8) is 0 Å². The summed E-state index contributed by atoms with van der Waals surface area (Å²) in [6.45, 7) is 3.70. The van der Waals surface area contributed by atoms with Gasteiger partial charge in [-0.3, -0.25) is 4.72 Å². The van der Waals surface area contributed by atoms with Gasteiger partial charge < -0.3 is 5.11 Å².